The van der Waals surface area contributed by atoms with Crippen molar-refractivity contribution < 1.29 is 4.39 Å². The fourth-order valence-electron chi connectivity index (χ4n) is 2.19. The monoisotopic (exact) mass is 294 g/mol. The Morgan fingerprint density at radius 3 is 2.86 bits per heavy atom. The topological polar surface area (TPSA) is 79.5 Å². The van der Waals surface area contributed by atoms with Gasteiger partial charge in [-0.2, -0.15) is 5.10 Å². The molecule has 0 aliphatic carbocycles. The predicted molar refractivity (Wildman–Crippen MR) is 80.3 cm³/mol. The van der Waals surface area contributed by atoms with E-state index in [4.69, 9.17) is 5.53 Å². The zero-order valence-electron chi connectivity index (χ0n) is 11.7. The number of azide groups is 1. The normalized spacial score (nSPS) is 10.3. The maximum absolute atomic E-state index is 13.5. The molecule has 0 saturated heterocycles. The van der Waals surface area contributed by atoms with Crippen LogP contribution < -0.4 is 0 Å². The molecule has 0 bridgehead atoms. The standard InChI is InChI=1S/C15H11FN6/c1-10-7-14(11-5-6-18-15(8-11)19-21-17)22(20-10)13-4-2-3-12(16)9-13/h2-9H,1H3. The van der Waals surface area contributed by atoms with Gasteiger partial charge in [-0.25, -0.2) is 9.07 Å². The Morgan fingerprint density at radius 2 is 2.09 bits per heavy atom. The van der Waals surface area contributed by atoms with Gasteiger partial charge in [0.05, 0.1) is 17.1 Å². The molecule has 3 aromatic rings. The summed E-state index contributed by atoms with van der Waals surface area (Å²) in [6, 6.07) is 11.5. The molecular formula is C15H11FN6. The number of halogens is 1. The van der Waals surface area contributed by atoms with E-state index in [1.54, 1.807) is 35.1 Å². The minimum Gasteiger partial charge on any atom is -0.255 e. The second-order valence-electron chi connectivity index (χ2n) is 4.65. The molecule has 6 nitrogen and oxygen atoms in total. The van der Waals surface area contributed by atoms with E-state index in [1.807, 2.05) is 13.0 Å². The van der Waals surface area contributed by atoms with Crippen molar-refractivity contribution in [3.8, 4) is 16.9 Å². The molecule has 1 aromatic carbocycles. The Bertz CT molecular complexity index is 879. The second kappa shape index (κ2) is 5.67. The molecule has 2 heterocycles. The number of hydrogen-bond acceptors (Lipinski definition) is 3. The Kier molecular flexibility index (Phi) is 3.55. The summed E-state index contributed by atoms with van der Waals surface area (Å²) in [6.45, 7) is 1.86. The van der Waals surface area contributed by atoms with E-state index in [0.717, 1.165) is 17.0 Å². The number of hydrogen-bond donors (Lipinski definition) is 0. The van der Waals surface area contributed by atoms with Crippen LogP contribution in [0.25, 0.3) is 27.4 Å². The number of benzene rings is 1. The molecule has 0 unspecified atom stereocenters. The van der Waals surface area contributed by atoms with Gasteiger partial charge < -0.3 is 0 Å². The average molecular weight is 294 g/mol. The predicted octanol–water partition coefficient (Wildman–Crippen LogP) is 4.32. The fraction of sp³-hybridized carbons (Fsp3) is 0.0667. The number of aryl methyl sites for hydroxylation is 1. The largest absolute Gasteiger partial charge is 0.255 e. The first kappa shape index (κ1) is 13.8. The first-order valence-electron chi connectivity index (χ1n) is 6.51. The molecule has 3 rings (SSSR count). The van der Waals surface area contributed by atoms with Gasteiger partial charge in [0.1, 0.15) is 11.6 Å². The van der Waals surface area contributed by atoms with Crippen molar-refractivity contribution in [3.63, 3.8) is 0 Å². The Balaban J connectivity index is 2.16. The summed E-state index contributed by atoms with van der Waals surface area (Å²) in [5.41, 5.74) is 11.5. The summed E-state index contributed by atoms with van der Waals surface area (Å²) in [5.74, 6) is -0.0641. The van der Waals surface area contributed by atoms with Crippen molar-refractivity contribution in [1.29, 1.82) is 0 Å². The summed E-state index contributed by atoms with van der Waals surface area (Å²) in [7, 11) is 0. The third kappa shape index (κ3) is 2.65. The van der Waals surface area contributed by atoms with Gasteiger partial charge in [-0.3, -0.25) is 4.98 Å². The summed E-state index contributed by atoms with van der Waals surface area (Å²) in [4.78, 5) is 6.70. The van der Waals surface area contributed by atoms with Crippen molar-refractivity contribution in [2.24, 2.45) is 5.11 Å². The summed E-state index contributed by atoms with van der Waals surface area (Å²) < 4.78 is 15.1. The van der Waals surface area contributed by atoms with Gasteiger partial charge in [0.2, 0.25) is 0 Å². The maximum Gasteiger partial charge on any atom is 0.127 e. The van der Waals surface area contributed by atoms with Crippen LogP contribution in [-0.2, 0) is 0 Å². The lowest BCUT2D eigenvalue weighted by Crippen LogP contribution is -1.99. The van der Waals surface area contributed by atoms with Gasteiger partial charge in [-0.1, -0.05) is 6.07 Å². The van der Waals surface area contributed by atoms with E-state index in [-0.39, 0.29) is 11.6 Å². The number of aromatic nitrogens is 3. The van der Waals surface area contributed by atoms with E-state index in [2.05, 4.69) is 20.1 Å². The Morgan fingerprint density at radius 1 is 1.23 bits per heavy atom. The van der Waals surface area contributed by atoms with Gasteiger partial charge in [-0.15, -0.1) is 0 Å². The third-order valence-electron chi connectivity index (χ3n) is 3.07. The van der Waals surface area contributed by atoms with Gasteiger partial charge >= 0.3 is 0 Å². The summed E-state index contributed by atoms with van der Waals surface area (Å²) >= 11 is 0. The molecule has 2 aromatic heterocycles. The smallest absolute Gasteiger partial charge is 0.127 e. The lowest BCUT2D eigenvalue weighted by Gasteiger charge is -2.08. The first-order valence-corrected chi connectivity index (χ1v) is 6.51. The highest BCUT2D eigenvalue weighted by Gasteiger charge is 2.11. The Hall–Kier alpha value is -3.18. The SMILES string of the molecule is Cc1cc(-c2ccnc(N=[N+]=[N-])c2)n(-c2cccc(F)c2)n1. The summed E-state index contributed by atoms with van der Waals surface area (Å²) in [5, 5.41) is 7.90. The van der Waals surface area contributed by atoms with Crippen LogP contribution in [-0.4, -0.2) is 14.8 Å². The number of pyridine rings is 1. The highest BCUT2D eigenvalue weighted by molar-refractivity contribution is 5.64. The first-order chi connectivity index (χ1) is 10.7. The van der Waals surface area contributed by atoms with Crippen molar-refractivity contribution in [2.75, 3.05) is 0 Å². The minimum absolute atomic E-state index is 0.268. The molecule has 0 fully saturated rings. The van der Waals surface area contributed by atoms with Crippen molar-refractivity contribution in [3.05, 3.63) is 70.6 Å². The summed E-state index contributed by atoms with van der Waals surface area (Å²) in [6.07, 6.45) is 1.55. The lowest BCUT2D eigenvalue weighted by molar-refractivity contribution is 0.625. The molecule has 0 aliphatic heterocycles. The van der Waals surface area contributed by atoms with Gasteiger partial charge in [0.25, 0.3) is 0 Å². The minimum atomic E-state index is -0.332. The van der Waals surface area contributed by atoms with Crippen LogP contribution >= 0.6 is 0 Å². The van der Waals surface area contributed by atoms with E-state index in [9.17, 15) is 4.39 Å². The van der Waals surface area contributed by atoms with Crippen molar-refractivity contribution in [2.45, 2.75) is 6.92 Å². The van der Waals surface area contributed by atoms with Crippen LogP contribution in [0.1, 0.15) is 5.69 Å². The zero-order chi connectivity index (χ0) is 15.5. The second-order valence-corrected chi connectivity index (χ2v) is 4.65. The highest BCUT2D eigenvalue weighted by atomic mass is 19.1. The van der Waals surface area contributed by atoms with Crippen LogP contribution in [0.2, 0.25) is 0 Å². The average Bonchev–Trinajstić information content (AvgIpc) is 2.90. The van der Waals surface area contributed by atoms with E-state index >= 15 is 0 Å². The highest BCUT2D eigenvalue weighted by Crippen LogP contribution is 2.26. The molecule has 0 N–H and O–H groups in total. The molecule has 108 valence electrons. The number of rotatable bonds is 3. The van der Waals surface area contributed by atoms with Crippen molar-refractivity contribution in [1.82, 2.24) is 14.8 Å². The van der Waals surface area contributed by atoms with E-state index in [1.165, 1.54) is 12.1 Å². The van der Waals surface area contributed by atoms with Crippen LogP contribution in [0, 0.1) is 12.7 Å². The van der Waals surface area contributed by atoms with Crippen LogP contribution in [0.4, 0.5) is 10.2 Å². The Labute approximate surface area is 125 Å². The molecule has 0 saturated carbocycles. The molecule has 0 aliphatic rings. The molecule has 0 amide bonds. The maximum atomic E-state index is 13.5. The van der Waals surface area contributed by atoms with Gasteiger partial charge in [0.15, 0.2) is 0 Å². The molecule has 0 atom stereocenters. The third-order valence-corrected chi connectivity index (χ3v) is 3.07. The van der Waals surface area contributed by atoms with Crippen molar-refractivity contribution >= 4 is 5.82 Å². The molecule has 22 heavy (non-hydrogen) atoms. The molecular weight excluding hydrogens is 283 g/mol. The van der Waals surface area contributed by atoms with Gasteiger partial charge in [-0.05, 0) is 54.0 Å². The van der Waals surface area contributed by atoms with E-state index < -0.39 is 0 Å². The lowest BCUT2D eigenvalue weighted by atomic mass is 10.1. The van der Waals surface area contributed by atoms with Gasteiger partial charge in [0, 0.05) is 16.7 Å². The molecule has 7 heteroatoms. The van der Waals surface area contributed by atoms with E-state index in [0.29, 0.717) is 5.69 Å². The quantitative estimate of drug-likeness (QED) is 0.409. The number of nitrogens with zero attached hydrogens (tertiary/aromatic N) is 6. The zero-order valence-corrected chi connectivity index (χ0v) is 11.7. The molecule has 0 radical (unpaired) electrons. The van der Waals surface area contributed by atoms with Crippen LogP contribution in [0.5, 0.6) is 0 Å². The van der Waals surface area contributed by atoms with Crippen LogP contribution in [0.3, 0.4) is 0 Å². The fourth-order valence-corrected chi connectivity index (χ4v) is 2.19. The molecule has 0 spiro atoms. The van der Waals surface area contributed by atoms with Crippen LogP contribution in [0.15, 0.2) is 53.8 Å².